The number of nitrogens with zero attached hydrogens (tertiary/aromatic N) is 3. The fraction of sp³-hybridized carbons (Fsp3) is 0.500. The second-order valence-corrected chi connectivity index (χ2v) is 5.41. The minimum Gasteiger partial charge on any atom is -0.493 e. The fourth-order valence-corrected chi connectivity index (χ4v) is 2.27. The van der Waals surface area contributed by atoms with Crippen LogP contribution < -0.4 is 14.8 Å². The normalized spacial score (nSPS) is 15.5. The lowest BCUT2D eigenvalue weighted by Gasteiger charge is -2.25. The number of methoxy groups -OCH3 is 1. The van der Waals surface area contributed by atoms with Crippen LogP contribution in [0, 0.1) is 11.3 Å². The van der Waals surface area contributed by atoms with Gasteiger partial charge in [0.1, 0.15) is 12.2 Å². The van der Waals surface area contributed by atoms with Crippen LogP contribution in [-0.4, -0.2) is 51.6 Å². The van der Waals surface area contributed by atoms with Crippen LogP contribution >= 0.6 is 0 Å². The van der Waals surface area contributed by atoms with Crippen molar-refractivity contribution in [1.82, 2.24) is 10.2 Å². The average Bonchev–Trinajstić information content (AvgIpc) is 2.54. The van der Waals surface area contributed by atoms with Gasteiger partial charge in [0, 0.05) is 26.2 Å². The maximum atomic E-state index is 9.33. The van der Waals surface area contributed by atoms with Crippen LogP contribution in [0.1, 0.15) is 18.4 Å². The van der Waals surface area contributed by atoms with Gasteiger partial charge in [-0.15, -0.1) is 0 Å². The molecule has 0 radical (unpaired) electrons. The second-order valence-electron chi connectivity index (χ2n) is 5.41. The van der Waals surface area contributed by atoms with Crippen molar-refractivity contribution in [2.45, 2.75) is 18.9 Å². The minimum absolute atomic E-state index is 0.151. The van der Waals surface area contributed by atoms with Crippen LogP contribution in [0.5, 0.6) is 11.5 Å². The van der Waals surface area contributed by atoms with Crippen molar-refractivity contribution >= 4 is 12.0 Å². The molecule has 118 valence electrons. The molecule has 0 bridgehead atoms. The summed E-state index contributed by atoms with van der Waals surface area (Å²) in [5.74, 6) is 1.21. The second kappa shape index (κ2) is 7.66. The van der Waals surface area contributed by atoms with Crippen molar-refractivity contribution in [1.29, 1.82) is 5.26 Å². The van der Waals surface area contributed by atoms with Crippen LogP contribution in [0.15, 0.2) is 17.1 Å². The van der Waals surface area contributed by atoms with Gasteiger partial charge in [0.25, 0.3) is 0 Å². The lowest BCUT2D eigenvalue weighted by molar-refractivity contribution is 0.156. The Morgan fingerprint density at radius 1 is 1.32 bits per heavy atom. The molecule has 0 unspecified atom stereocenters. The zero-order valence-corrected chi connectivity index (χ0v) is 13.3. The predicted molar refractivity (Wildman–Crippen MR) is 86.1 cm³/mol. The van der Waals surface area contributed by atoms with Gasteiger partial charge in [-0.3, -0.25) is 0 Å². The topological polar surface area (TPSA) is 69.9 Å². The van der Waals surface area contributed by atoms with Crippen LogP contribution in [0.3, 0.4) is 0 Å². The highest BCUT2D eigenvalue weighted by atomic mass is 16.5. The van der Waals surface area contributed by atoms with E-state index in [1.54, 1.807) is 25.6 Å². The lowest BCUT2D eigenvalue weighted by atomic mass is 10.1. The van der Waals surface area contributed by atoms with E-state index < -0.39 is 0 Å². The van der Waals surface area contributed by atoms with Gasteiger partial charge in [-0.1, -0.05) is 0 Å². The Hall–Kier alpha value is -2.26. The van der Waals surface area contributed by atoms with E-state index in [4.69, 9.17) is 9.47 Å². The summed E-state index contributed by atoms with van der Waals surface area (Å²) in [6, 6.07) is 5.62. The van der Waals surface area contributed by atoms with Crippen LogP contribution in [0.2, 0.25) is 0 Å². The van der Waals surface area contributed by atoms with E-state index >= 15 is 0 Å². The van der Waals surface area contributed by atoms with Gasteiger partial charge in [-0.2, -0.15) is 5.26 Å². The molecule has 1 N–H and O–H groups in total. The summed E-state index contributed by atoms with van der Waals surface area (Å²) >= 11 is 0. The highest BCUT2D eigenvalue weighted by Gasteiger charge is 2.18. The Balaban J connectivity index is 2.28. The van der Waals surface area contributed by atoms with E-state index in [0.717, 1.165) is 25.9 Å². The molecule has 0 amide bonds. The molecular weight excluding hydrogens is 280 g/mol. The summed E-state index contributed by atoms with van der Waals surface area (Å²) < 4.78 is 11.4. The third kappa shape index (κ3) is 4.12. The number of nitrogens with one attached hydrogen (secondary N) is 1. The molecule has 0 atom stereocenters. The number of aliphatic imine (C=N–C) groups is 1. The molecule has 1 heterocycles. The van der Waals surface area contributed by atoms with Crippen molar-refractivity contribution in [2.75, 3.05) is 34.3 Å². The fourth-order valence-electron chi connectivity index (χ4n) is 2.27. The number of piperidine rings is 1. The lowest BCUT2D eigenvalue weighted by Crippen LogP contribution is -2.34. The quantitative estimate of drug-likeness (QED) is 0.664. The molecule has 2 rings (SSSR count). The minimum atomic E-state index is 0.151. The summed E-state index contributed by atoms with van der Waals surface area (Å²) in [6.45, 7) is 1.90. The van der Waals surface area contributed by atoms with E-state index in [1.807, 2.05) is 19.0 Å². The Bertz CT molecular complexity index is 572. The number of ether oxygens (including phenoxy) is 2. The summed E-state index contributed by atoms with van der Waals surface area (Å²) in [7, 11) is 5.35. The van der Waals surface area contributed by atoms with E-state index in [-0.39, 0.29) is 6.10 Å². The highest BCUT2D eigenvalue weighted by molar-refractivity contribution is 5.68. The monoisotopic (exact) mass is 302 g/mol. The predicted octanol–water partition coefficient (Wildman–Crippen LogP) is 1.92. The van der Waals surface area contributed by atoms with Crippen molar-refractivity contribution in [3.8, 4) is 17.6 Å². The molecule has 0 spiro atoms. The van der Waals surface area contributed by atoms with Gasteiger partial charge in [0.15, 0.2) is 11.5 Å². The van der Waals surface area contributed by atoms with Gasteiger partial charge in [0.05, 0.1) is 24.7 Å². The van der Waals surface area contributed by atoms with Gasteiger partial charge in [-0.05, 0) is 25.9 Å². The molecule has 6 nitrogen and oxygen atoms in total. The van der Waals surface area contributed by atoms with Crippen molar-refractivity contribution in [3.63, 3.8) is 0 Å². The van der Waals surface area contributed by atoms with E-state index in [1.165, 1.54) is 0 Å². The summed E-state index contributed by atoms with van der Waals surface area (Å²) in [5, 5.41) is 12.6. The highest BCUT2D eigenvalue weighted by Crippen LogP contribution is 2.35. The Labute approximate surface area is 131 Å². The molecule has 1 aliphatic rings. The zero-order chi connectivity index (χ0) is 15.9. The van der Waals surface area contributed by atoms with Crippen molar-refractivity contribution in [2.24, 2.45) is 4.99 Å². The standard InChI is InChI=1S/C16H22N4O2/c1-20(2)11-19-14-9-15(21-3)16(8-12(14)10-17)22-13-4-6-18-7-5-13/h8-9,11,13,18H,4-7H2,1-3H3. The average molecular weight is 302 g/mol. The Morgan fingerprint density at radius 2 is 2.05 bits per heavy atom. The Morgan fingerprint density at radius 3 is 2.64 bits per heavy atom. The molecule has 1 saturated heterocycles. The number of hydrogen-bond acceptors (Lipinski definition) is 5. The van der Waals surface area contributed by atoms with Crippen LogP contribution in [0.4, 0.5) is 5.69 Å². The number of rotatable bonds is 5. The maximum absolute atomic E-state index is 9.33. The van der Waals surface area contributed by atoms with Crippen LogP contribution in [0.25, 0.3) is 0 Å². The molecule has 0 aliphatic carbocycles. The van der Waals surface area contributed by atoms with Gasteiger partial charge in [-0.25, -0.2) is 4.99 Å². The van der Waals surface area contributed by atoms with Crippen molar-refractivity contribution in [3.05, 3.63) is 17.7 Å². The summed E-state index contributed by atoms with van der Waals surface area (Å²) in [5.41, 5.74) is 1.05. The maximum Gasteiger partial charge on any atom is 0.163 e. The largest absolute Gasteiger partial charge is 0.493 e. The van der Waals surface area contributed by atoms with Gasteiger partial charge < -0.3 is 19.7 Å². The molecule has 1 aromatic rings. The molecule has 0 saturated carbocycles. The van der Waals surface area contributed by atoms with E-state index in [9.17, 15) is 5.26 Å². The van der Waals surface area contributed by atoms with Crippen LogP contribution in [-0.2, 0) is 0 Å². The zero-order valence-electron chi connectivity index (χ0n) is 13.3. The third-order valence-corrected chi connectivity index (χ3v) is 3.41. The molecule has 1 aliphatic heterocycles. The molecule has 0 aromatic heterocycles. The van der Waals surface area contributed by atoms with Crippen molar-refractivity contribution < 1.29 is 9.47 Å². The summed E-state index contributed by atoms with van der Waals surface area (Å²) in [4.78, 5) is 6.12. The molecule has 22 heavy (non-hydrogen) atoms. The number of nitriles is 1. The first-order valence-corrected chi connectivity index (χ1v) is 7.34. The first kappa shape index (κ1) is 16.1. The first-order chi connectivity index (χ1) is 10.6. The Kier molecular flexibility index (Phi) is 5.61. The summed E-state index contributed by atoms with van der Waals surface area (Å²) in [6.07, 6.45) is 3.71. The first-order valence-electron chi connectivity index (χ1n) is 7.34. The van der Waals surface area contributed by atoms with E-state index in [2.05, 4.69) is 16.4 Å². The number of hydrogen-bond donors (Lipinski definition) is 1. The van der Waals surface area contributed by atoms with Gasteiger partial charge in [0.2, 0.25) is 0 Å². The molecular formula is C16H22N4O2. The van der Waals surface area contributed by atoms with Gasteiger partial charge >= 0.3 is 0 Å². The smallest absolute Gasteiger partial charge is 0.163 e. The SMILES string of the molecule is COc1cc(N=CN(C)C)c(C#N)cc1OC1CCNCC1. The number of benzene rings is 1. The molecule has 1 fully saturated rings. The molecule has 1 aromatic carbocycles. The third-order valence-electron chi connectivity index (χ3n) is 3.41. The van der Waals surface area contributed by atoms with E-state index in [0.29, 0.717) is 22.7 Å². The molecule has 6 heteroatoms.